The summed E-state index contributed by atoms with van der Waals surface area (Å²) in [4.78, 5) is 16.1. The van der Waals surface area contributed by atoms with Crippen LogP contribution in [-0.2, 0) is 20.9 Å². The van der Waals surface area contributed by atoms with Crippen molar-refractivity contribution in [2.45, 2.75) is 56.8 Å². The topological polar surface area (TPSA) is 99.1 Å². The smallest absolute Gasteiger partial charge is 0.329 e. The molecule has 1 aromatic carbocycles. The Hall–Kier alpha value is -2.91. The number of nitrogens with one attached hydrogen (secondary N) is 1. The van der Waals surface area contributed by atoms with Crippen LogP contribution in [0.15, 0.2) is 24.3 Å². The zero-order valence-corrected chi connectivity index (χ0v) is 19.6. The Bertz CT molecular complexity index is 1020. The van der Waals surface area contributed by atoms with Crippen LogP contribution >= 0.6 is 0 Å². The molecular formula is C25H31FN2O6. The number of carboxylic acids is 1. The molecule has 1 aliphatic carbocycles. The number of hydrogen-bond donors (Lipinski definition) is 2. The number of hydrogen-bond acceptors (Lipinski definition) is 7. The first-order chi connectivity index (χ1) is 16.5. The van der Waals surface area contributed by atoms with Crippen LogP contribution < -0.4 is 14.8 Å². The fourth-order valence-electron chi connectivity index (χ4n) is 4.62. The first-order valence-electron chi connectivity index (χ1n) is 11.6. The summed E-state index contributed by atoms with van der Waals surface area (Å²) in [5, 5.41) is 13.1. The molecule has 8 nitrogen and oxygen atoms in total. The van der Waals surface area contributed by atoms with Crippen molar-refractivity contribution in [2.24, 2.45) is 0 Å². The molecule has 1 saturated heterocycles. The van der Waals surface area contributed by atoms with Crippen LogP contribution in [0.4, 0.5) is 10.1 Å². The van der Waals surface area contributed by atoms with Crippen molar-refractivity contribution >= 4 is 11.7 Å². The number of aliphatic carboxylic acids is 1. The molecule has 2 fully saturated rings. The van der Waals surface area contributed by atoms with Crippen LogP contribution in [-0.4, -0.2) is 55.1 Å². The number of benzene rings is 1. The lowest BCUT2D eigenvalue weighted by Gasteiger charge is -2.35. The van der Waals surface area contributed by atoms with E-state index < -0.39 is 17.3 Å². The maximum atomic E-state index is 15.2. The van der Waals surface area contributed by atoms with E-state index >= 15 is 4.39 Å². The molecule has 0 radical (unpaired) electrons. The second-order valence-electron chi connectivity index (χ2n) is 8.75. The minimum atomic E-state index is -1.11. The van der Waals surface area contributed by atoms with Gasteiger partial charge in [-0.25, -0.2) is 9.18 Å². The Morgan fingerprint density at radius 3 is 2.56 bits per heavy atom. The maximum absolute atomic E-state index is 15.2. The molecule has 4 rings (SSSR count). The van der Waals surface area contributed by atoms with Gasteiger partial charge in [-0.3, -0.25) is 0 Å². The Balaban J connectivity index is 1.72. The molecule has 1 saturated carbocycles. The Kier molecular flexibility index (Phi) is 7.53. The van der Waals surface area contributed by atoms with Gasteiger partial charge >= 0.3 is 5.97 Å². The van der Waals surface area contributed by atoms with Crippen molar-refractivity contribution < 1.29 is 33.2 Å². The average Bonchev–Trinajstić information content (AvgIpc) is 3.37. The summed E-state index contributed by atoms with van der Waals surface area (Å²) >= 11 is 0. The number of carbonyl (C=O) groups is 1. The van der Waals surface area contributed by atoms with Crippen LogP contribution in [0.3, 0.4) is 0 Å². The molecule has 0 unspecified atom stereocenters. The van der Waals surface area contributed by atoms with Crippen LogP contribution in [0.1, 0.15) is 44.1 Å². The second kappa shape index (κ2) is 10.6. The van der Waals surface area contributed by atoms with Gasteiger partial charge in [0.2, 0.25) is 5.88 Å². The van der Waals surface area contributed by atoms with Crippen LogP contribution in [0.5, 0.6) is 11.8 Å². The number of ether oxygens (including phenoxy) is 4. The molecule has 2 N–H and O–H groups in total. The molecule has 0 spiro atoms. The standard InChI is InChI=1S/C25H31FN2O6/c1-31-21-14-20(22(26)23(27-21)32-2)19-8-7-17(13-16(19)15-34-18-5-3-4-6-18)28-25(24(29)30)9-11-33-12-10-25/h7-8,13-14,18,28H,3-6,9-12,15H2,1-2H3,(H,29,30). The van der Waals surface area contributed by atoms with Crippen molar-refractivity contribution in [3.8, 4) is 22.9 Å². The number of pyridine rings is 1. The number of anilines is 1. The third-order valence-corrected chi connectivity index (χ3v) is 6.62. The molecule has 9 heteroatoms. The van der Waals surface area contributed by atoms with E-state index in [1.54, 1.807) is 12.1 Å². The fraction of sp³-hybridized carbons (Fsp3) is 0.520. The van der Waals surface area contributed by atoms with Gasteiger partial charge in [-0.15, -0.1) is 0 Å². The lowest BCUT2D eigenvalue weighted by atomic mass is 9.89. The summed E-state index contributed by atoms with van der Waals surface area (Å²) in [7, 11) is 2.81. The number of aromatic nitrogens is 1. The monoisotopic (exact) mass is 474 g/mol. The molecule has 1 aromatic heterocycles. The summed E-state index contributed by atoms with van der Waals surface area (Å²) in [6, 6.07) is 6.88. The molecule has 0 atom stereocenters. The summed E-state index contributed by atoms with van der Waals surface area (Å²) in [5.41, 5.74) is 1.14. The van der Waals surface area contributed by atoms with E-state index in [1.807, 2.05) is 6.07 Å². The molecular weight excluding hydrogens is 443 g/mol. The van der Waals surface area contributed by atoms with E-state index in [0.29, 0.717) is 37.3 Å². The highest BCUT2D eigenvalue weighted by Gasteiger charge is 2.40. The van der Waals surface area contributed by atoms with Crippen LogP contribution in [0.2, 0.25) is 0 Å². The van der Waals surface area contributed by atoms with E-state index in [1.165, 1.54) is 20.3 Å². The van der Waals surface area contributed by atoms with Gasteiger partial charge in [0, 0.05) is 43.4 Å². The number of rotatable bonds is 9. The van der Waals surface area contributed by atoms with Gasteiger partial charge < -0.3 is 29.4 Å². The van der Waals surface area contributed by atoms with Gasteiger partial charge in [0.1, 0.15) is 5.54 Å². The van der Waals surface area contributed by atoms with E-state index in [-0.39, 0.29) is 30.0 Å². The zero-order valence-electron chi connectivity index (χ0n) is 19.6. The lowest BCUT2D eigenvalue weighted by molar-refractivity contribution is -0.145. The predicted molar refractivity (Wildman–Crippen MR) is 124 cm³/mol. The van der Waals surface area contributed by atoms with Gasteiger partial charge in [0.25, 0.3) is 5.88 Å². The van der Waals surface area contributed by atoms with Crippen molar-refractivity contribution in [2.75, 3.05) is 32.8 Å². The van der Waals surface area contributed by atoms with Crippen molar-refractivity contribution in [1.29, 1.82) is 0 Å². The third kappa shape index (κ3) is 5.10. The highest BCUT2D eigenvalue weighted by molar-refractivity contribution is 5.83. The summed E-state index contributed by atoms with van der Waals surface area (Å²) in [6.45, 7) is 1.01. The first-order valence-corrected chi connectivity index (χ1v) is 11.6. The van der Waals surface area contributed by atoms with Crippen molar-refractivity contribution in [3.05, 3.63) is 35.6 Å². The average molecular weight is 475 g/mol. The lowest BCUT2D eigenvalue weighted by Crippen LogP contribution is -2.50. The minimum Gasteiger partial charge on any atom is -0.481 e. The molecule has 1 aliphatic heterocycles. The van der Waals surface area contributed by atoms with Gasteiger partial charge in [-0.1, -0.05) is 18.9 Å². The predicted octanol–water partition coefficient (Wildman–Crippen LogP) is 4.41. The molecule has 2 aromatic rings. The quantitative estimate of drug-likeness (QED) is 0.552. The van der Waals surface area contributed by atoms with Gasteiger partial charge in [0.15, 0.2) is 5.82 Å². The highest BCUT2D eigenvalue weighted by atomic mass is 19.1. The molecule has 2 heterocycles. The number of methoxy groups -OCH3 is 2. The molecule has 2 aliphatic rings. The summed E-state index contributed by atoms with van der Waals surface area (Å²) in [5.74, 6) is -1.45. The largest absolute Gasteiger partial charge is 0.481 e. The summed E-state index contributed by atoms with van der Waals surface area (Å²) in [6.07, 6.45) is 5.14. The van der Waals surface area contributed by atoms with E-state index in [4.69, 9.17) is 18.9 Å². The molecule has 184 valence electrons. The zero-order chi connectivity index (χ0) is 24.1. The van der Waals surface area contributed by atoms with Gasteiger partial charge in [-0.05, 0) is 36.1 Å². The first kappa shape index (κ1) is 24.2. The molecule has 0 amide bonds. The summed E-state index contributed by atoms with van der Waals surface area (Å²) < 4.78 is 37.1. The molecule has 0 bridgehead atoms. The van der Waals surface area contributed by atoms with Crippen LogP contribution in [0.25, 0.3) is 11.1 Å². The fourth-order valence-corrected chi connectivity index (χ4v) is 4.62. The SMILES string of the molecule is COc1cc(-c2ccc(NC3(C(=O)O)CCOCC3)cc2COC2CCCC2)c(F)c(OC)n1. The second-order valence-corrected chi connectivity index (χ2v) is 8.75. The normalized spacial score (nSPS) is 18.0. The third-order valence-electron chi connectivity index (χ3n) is 6.62. The number of halogens is 1. The Morgan fingerprint density at radius 1 is 1.18 bits per heavy atom. The Labute approximate surface area is 198 Å². The number of carboxylic acid groups (broad SMARTS) is 1. The van der Waals surface area contributed by atoms with Gasteiger partial charge in [-0.2, -0.15) is 4.98 Å². The highest BCUT2D eigenvalue weighted by Crippen LogP contribution is 2.36. The van der Waals surface area contributed by atoms with Crippen molar-refractivity contribution in [1.82, 2.24) is 4.98 Å². The van der Waals surface area contributed by atoms with E-state index in [0.717, 1.165) is 31.2 Å². The molecule has 34 heavy (non-hydrogen) atoms. The Morgan fingerprint density at radius 2 is 1.91 bits per heavy atom. The van der Waals surface area contributed by atoms with E-state index in [9.17, 15) is 9.90 Å². The minimum absolute atomic E-state index is 0.161. The number of nitrogens with zero attached hydrogens (tertiary/aromatic N) is 1. The van der Waals surface area contributed by atoms with Crippen molar-refractivity contribution in [3.63, 3.8) is 0 Å². The maximum Gasteiger partial charge on any atom is 0.329 e. The van der Waals surface area contributed by atoms with E-state index in [2.05, 4.69) is 10.3 Å². The van der Waals surface area contributed by atoms with Crippen LogP contribution in [0, 0.1) is 5.82 Å². The van der Waals surface area contributed by atoms with Gasteiger partial charge in [0.05, 0.1) is 26.9 Å².